The lowest BCUT2D eigenvalue weighted by Gasteiger charge is -2.03. The molecule has 0 aromatic heterocycles. The quantitative estimate of drug-likeness (QED) is 0.478. The zero-order valence-corrected chi connectivity index (χ0v) is 10.5. The van der Waals surface area contributed by atoms with Crippen molar-refractivity contribution >= 4 is 11.5 Å². The first kappa shape index (κ1) is 13.0. The molecule has 96 valence electrons. The van der Waals surface area contributed by atoms with E-state index in [0.29, 0.717) is 11.1 Å². The number of nitro benzene ring substituents is 1. The Hall–Kier alpha value is -2.49. The average Bonchev–Trinajstić information content (AvgIpc) is 2.40. The Balaban J connectivity index is 2.25. The number of nitrogens with zero attached hydrogens (tertiary/aromatic N) is 1. The molecule has 2 rings (SSSR count). The number of ketones is 1. The molecule has 0 heterocycles. The van der Waals surface area contributed by atoms with Gasteiger partial charge in [0, 0.05) is 23.6 Å². The van der Waals surface area contributed by atoms with Crippen molar-refractivity contribution in [3.63, 3.8) is 0 Å². The second kappa shape index (κ2) is 5.44. The zero-order valence-electron chi connectivity index (χ0n) is 10.5. The van der Waals surface area contributed by atoms with Gasteiger partial charge >= 0.3 is 0 Å². The molecule has 0 atom stereocenters. The lowest BCUT2D eigenvalue weighted by atomic mass is 10.0. The highest BCUT2D eigenvalue weighted by Gasteiger charge is 2.15. The van der Waals surface area contributed by atoms with Crippen molar-refractivity contribution in [2.75, 3.05) is 0 Å². The first-order valence-electron chi connectivity index (χ1n) is 5.90. The van der Waals surface area contributed by atoms with E-state index >= 15 is 0 Å². The summed E-state index contributed by atoms with van der Waals surface area (Å²) in [4.78, 5) is 22.5. The molecule has 0 radical (unpaired) electrons. The highest BCUT2D eigenvalue weighted by atomic mass is 16.6. The summed E-state index contributed by atoms with van der Waals surface area (Å²) in [6.45, 7) is 1.66. The number of Topliss-reactive ketones (excluding diaryl/α,β-unsaturated/α-hetero) is 1. The molecule has 0 aliphatic rings. The minimum atomic E-state index is -0.464. The molecule has 19 heavy (non-hydrogen) atoms. The first-order valence-corrected chi connectivity index (χ1v) is 5.90. The Kier molecular flexibility index (Phi) is 3.71. The Morgan fingerprint density at radius 3 is 2.47 bits per heavy atom. The van der Waals surface area contributed by atoms with Crippen molar-refractivity contribution in [2.24, 2.45) is 0 Å². The average molecular weight is 255 g/mol. The molecule has 0 amide bonds. The summed E-state index contributed by atoms with van der Waals surface area (Å²) < 4.78 is 0. The van der Waals surface area contributed by atoms with Gasteiger partial charge in [-0.15, -0.1) is 0 Å². The highest BCUT2D eigenvalue weighted by molar-refractivity contribution is 5.98. The van der Waals surface area contributed by atoms with E-state index in [1.165, 1.54) is 6.07 Å². The Bertz CT molecular complexity index is 621. The van der Waals surface area contributed by atoms with Gasteiger partial charge in [-0.1, -0.05) is 42.5 Å². The summed E-state index contributed by atoms with van der Waals surface area (Å²) in [5.74, 6) is -0.116. The molecule has 0 aliphatic heterocycles. The van der Waals surface area contributed by atoms with E-state index in [9.17, 15) is 14.9 Å². The molecule has 0 spiro atoms. The van der Waals surface area contributed by atoms with E-state index in [2.05, 4.69) is 0 Å². The van der Waals surface area contributed by atoms with Crippen LogP contribution in [0.4, 0.5) is 5.69 Å². The number of rotatable bonds is 4. The fourth-order valence-corrected chi connectivity index (χ4v) is 1.86. The lowest BCUT2D eigenvalue weighted by molar-refractivity contribution is -0.385. The van der Waals surface area contributed by atoms with Crippen LogP contribution >= 0.6 is 0 Å². The predicted octanol–water partition coefficient (Wildman–Crippen LogP) is 3.33. The third-order valence-electron chi connectivity index (χ3n) is 2.94. The minimum Gasteiger partial charge on any atom is -0.294 e. The van der Waals surface area contributed by atoms with E-state index in [1.54, 1.807) is 19.1 Å². The summed E-state index contributed by atoms with van der Waals surface area (Å²) in [5.41, 5.74) is 1.82. The molecular formula is C15H13NO3. The predicted molar refractivity (Wildman–Crippen MR) is 72.3 cm³/mol. The molecule has 0 saturated carbocycles. The van der Waals surface area contributed by atoms with Crippen molar-refractivity contribution in [3.05, 3.63) is 75.3 Å². The van der Waals surface area contributed by atoms with E-state index in [4.69, 9.17) is 0 Å². The second-order valence-corrected chi connectivity index (χ2v) is 4.34. The van der Waals surface area contributed by atoms with Crippen LogP contribution < -0.4 is 0 Å². The topological polar surface area (TPSA) is 60.2 Å². The van der Waals surface area contributed by atoms with Gasteiger partial charge in [0.25, 0.3) is 5.69 Å². The third kappa shape index (κ3) is 3.04. The van der Waals surface area contributed by atoms with Crippen LogP contribution in [0.15, 0.2) is 48.5 Å². The fraction of sp³-hybridized carbons (Fsp3) is 0.133. The van der Waals surface area contributed by atoms with Gasteiger partial charge < -0.3 is 0 Å². The number of hydrogen-bond acceptors (Lipinski definition) is 3. The van der Waals surface area contributed by atoms with Crippen LogP contribution in [0.1, 0.15) is 21.5 Å². The smallest absolute Gasteiger partial charge is 0.273 e. The number of nitro groups is 1. The van der Waals surface area contributed by atoms with Crippen LogP contribution in [0.5, 0.6) is 0 Å². The first-order chi connectivity index (χ1) is 9.08. The minimum absolute atomic E-state index is 0.0149. The van der Waals surface area contributed by atoms with Gasteiger partial charge in [0.15, 0.2) is 5.78 Å². The normalized spacial score (nSPS) is 10.2. The van der Waals surface area contributed by atoms with Crippen LogP contribution in [0.25, 0.3) is 0 Å². The van der Waals surface area contributed by atoms with E-state index in [0.717, 1.165) is 5.56 Å². The molecule has 0 aliphatic carbocycles. The summed E-state index contributed by atoms with van der Waals surface area (Å²) in [6, 6.07) is 13.9. The molecule has 4 heteroatoms. The van der Waals surface area contributed by atoms with Crippen LogP contribution in [-0.2, 0) is 6.42 Å². The Morgan fingerprint density at radius 2 is 1.84 bits per heavy atom. The van der Waals surface area contributed by atoms with Crippen molar-refractivity contribution in [3.8, 4) is 0 Å². The summed E-state index contributed by atoms with van der Waals surface area (Å²) in [6.07, 6.45) is 0.251. The number of benzene rings is 2. The summed E-state index contributed by atoms with van der Waals surface area (Å²) in [7, 11) is 0. The van der Waals surface area contributed by atoms with Gasteiger partial charge in [0.05, 0.1) is 4.92 Å². The van der Waals surface area contributed by atoms with E-state index in [1.807, 2.05) is 30.3 Å². The number of carbonyl (C=O) groups is 1. The maximum atomic E-state index is 12.1. The third-order valence-corrected chi connectivity index (χ3v) is 2.94. The fourth-order valence-electron chi connectivity index (χ4n) is 1.86. The summed E-state index contributed by atoms with van der Waals surface area (Å²) >= 11 is 0. The molecule has 4 nitrogen and oxygen atoms in total. The standard InChI is InChI=1S/C15H13NO3/c1-11-7-8-13(10-14(11)16(18)19)15(17)9-12-5-3-2-4-6-12/h2-8,10H,9H2,1H3. The van der Waals surface area contributed by atoms with Crippen molar-refractivity contribution in [2.45, 2.75) is 13.3 Å². The second-order valence-electron chi connectivity index (χ2n) is 4.34. The van der Waals surface area contributed by atoms with Crippen LogP contribution in [-0.4, -0.2) is 10.7 Å². The highest BCUT2D eigenvalue weighted by Crippen LogP contribution is 2.20. The Labute approximate surface area is 110 Å². The van der Waals surface area contributed by atoms with Crippen molar-refractivity contribution < 1.29 is 9.72 Å². The monoisotopic (exact) mass is 255 g/mol. The molecule has 0 bridgehead atoms. The molecular weight excluding hydrogens is 242 g/mol. The van der Waals surface area contributed by atoms with Gasteiger partial charge in [0.2, 0.25) is 0 Å². The van der Waals surface area contributed by atoms with E-state index < -0.39 is 4.92 Å². The maximum absolute atomic E-state index is 12.1. The maximum Gasteiger partial charge on any atom is 0.273 e. The van der Waals surface area contributed by atoms with Crippen molar-refractivity contribution in [1.29, 1.82) is 0 Å². The van der Waals surface area contributed by atoms with Crippen LogP contribution in [0, 0.1) is 17.0 Å². The molecule has 0 fully saturated rings. The number of carbonyl (C=O) groups excluding carboxylic acids is 1. The molecule has 0 saturated heterocycles. The van der Waals surface area contributed by atoms with Gasteiger partial charge in [0.1, 0.15) is 0 Å². The molecule has 0 unspecified atom stereocenters. The largest absolute Gasteiger partial charge is 0.294 e. The zero-order chi connectivity index (χ0) is 13.8. The van der Waals surface area contributed by atoms with Gasteiger partial charge in [-0.3, -0.25) is 14.9 Å². The molecule has 0 N–H and O–H groups in total. The number of hydrogen-bond donors (Lipinski definition) is 0. The lowest BCUT2D eigenvalue weighted by Crippen LogP contribution is -2.04. The molecule has 2 aromatic carbocycles. The number of aryl methyl sites for hydroxylation is 1. The van der Waals surface area contributed by atoms with Gasteiger partial charge in [-0.05, 0) is 12.5 Å². The van der Waals surface area contributed by atoms with Crippen molar-refractivity contribution in [1.82, 2.24) is 0 Å². The van der Waals surface area contributed by atoms with Crippen LogP contribution in [0.2, 0.25) is 0 Å². The summed E-state index contributed by atoms with van der Waals surface area (Å²) in [5, 5.41) is 10.8. The van der Waals surface area contributed by atoms with E-state index in [-0.39, 0.29) is 17.9 Å². The molecule has 2 aromatic rings. The SMILES string of the molecule is Cc1ccc(C(=O)Cc2ccccc2)cc1[N+](=O)[O-]. The Morgan fingerprint density at radius 1 is 1.16 bits per heavy atom. The van der Waals surface area contributed by atoms with Crippen LogP contribution in [0.3, 0.4) is 0 Å². The van der Waals surface area contributed by atoms with Gasteiger partial charge in [-0.25, -0.2) is 0 Å². The van der Waals surface area contributed by atoms with Gasteiger partial charge in [-0.2, -0.15) is 0 Å².